The lowest BCUT2D eigenvalue weighted by Gasteiger charge is -2.12. The molecule has 2 aromatic rings. The summed E-state index contributed by atoms with van der Waals surface area (Å²) >= 11 is 2.14. The molecule has 0 fully saturated rings. The summed E-state index contributed by atoms with van der Waals surface area (Å²) in [6.07, 6.45) is 0. The fourth-order valence-corrected chi connectivity index (χ4v) is 2.23. The highest BCUT2D eigenvalue weighted by Crippen LogP contribution is 2.37. The summed E-state index contributed by atoms with van der Waals surface area (Å²) in [4.78, 5) is 12.2. The van der Waals surface area contributed by atoms with Gasteiger partial charge < -0.3 is 14.2 Å². The Labute approximate surface area is 130 Å². The second kappa shape index (κ2) is 6.60. The highest BCUT2D eigenvalue weighted by Gasteiger charge is 2.17. The molecule has 0 N–H and O–H groups in total. The average molecular weight is 384 g/mol. The van der Waals surface area contributed by atoms with Crippen molar-refractivity contribution in [2.24, 2.45) is 0 Å². The summed E-state index contributed by atoms with van der Waals surface area (Å²) in [6.45, 7) is 0. The molecule has 0 amide bonds. The maximum absolute atomic E-state index is 12.2. The maximum atomic E-state index is 12.2. The number of carbonyl (C=O) groups excluding carboxylic acids is 1. The molecule has 0 heterocycles. The van der Waals surface area contributed by atoms with Gasteiger partial charge in [0.15, 0.2) is 11.5 Å². The van der Waals surface area contributed by atoms with Crippen LogP contribution in [0.2, 0.25) is 0 Å². The van der Waals surface area contributed by atoms with E-state index in [1.54, 1.807) is 36.4 Å². The molecule has 0 aliphatic heterocycles. The fourth-order valence-electron chi connectivity index (χ4n) is 1.68. The quantitative estimate of drug-likeness (QED) is 0.460. The Hall–Kier alpha value is -1.76. The van der Waals surface area contributed by atoms with Crippen LogP contribution >= 0.6 is 22.6 Å². The van der Waals surface area contributed by atoms with Crippen LogP contribution in [0.1, 0.15) is 10.4 Å². The minimum atomic E-state index is -0.452. The smallest absolute Gasteiger partial charge is 0.343 e. The molecule has 0 saturated heterocycles. The summed E-state index contributed by atoms with van der Waals surface area (Å²) in [5.74, 6) is 0.722. The maximum Gasteiger partial charge on any atom is 0.343 e. The van der Waals surface area contributed by atoms with Crippen LogP contribution < -0.4 is 14.2 Å². The summed E-state index contributed by atoms with van der Waals surface area (Å²) < 4.78 is 16.7. The van der Waals surface area contributed by atoms with E-state index in [9.17, 15) is 4.79 Å². The standard InChI is InChI=1S/C15H13IO4/c1-18-12-7-4-8-13(19-2)14(12)20-15(17)10-5-3-6-11(16)9-10/h3-9H,1-2H3. The average Bonchev–Trinajstić information content (AvgIpc) is 2.47. The number of rotatable bonds is 4. The Morgan fingerprint density at radius 1 is 1.00 bits per heavy atom. The van der Waals surface area contributed by atoms with Gasteiger partial charge in [0, 0.05) is 3.57 Å². The van der Waals surface area contributed by atoms with Crippen molar-refractivity contribution in [2.45, 2.75) is 0 Å². The zero-order valence-electron chi connectivity index (χ0n) is 11.1. The third kappa shape index (κ3) is 3.22. The molecular formula is C15H13IO4. The van der Waals surface area contributed by atoms with Gasteiger partial charge in [0.1, 0.15) is 0 Å². The molecule has 0 aliphatic rings. The third-order valence-electron chi connectivity index (χ3n) is 2.64. The van der Waals surface area contributed by atoms with Crippen molar-refractivity contribution in [1.82, 2.24) is 0 Å². The summed E-state index contributed by atoms with van der Waals surface area (Å²) in [5, 5.41) is 0. The lowest BCUT2D eigenvalue weighted by atomic mass is 10.2. The Balaban J connectivity index is 2.32. The van der Waals surface area contributed by atoms with E-state index < -0.39 is 5.97 Å². The predicted molar refractivity (Wildman–Crippen MR) is 83.7 cm³/mol. The van der Waals surface area contributed by atoms with Gasteiger partial charge in [-0.1, -0.05) is 12.1 Å². The van der Waals surface area contributed by atoms with Crippen molar-refractivity contribution in [1.29, 1.82) is 0 Å². The number of hydrogen-bond donors (Lipinski definition) is 0. The molecule has 0 aliphatic carbocycles. The lowest BCUT2D eigenvalue weighted by molar-refractivity contribution is 0.0724. The largest absolute Gasteiger partial charge is 0.493 e. The molecule has 0 saturated carbocycles. The van der Waals surface area contributed by atoms with Gasteiger partial charge in [-0.2, -0.15) is 0 Å². The first-order valence-corrected chi connectivity index (χ1v) is 6.92. The van der Waals surface area contributed by atoms with Crippen LogP contribution in [-0.4, -0.2) is 20.2 Å². The summed E-state index contributed by atoms with van der Waals surface area (Å²) in [7, 11) is 3.02. The molecule has 20 heavy (non-hydrogen) atoms. The van der Waals surface area contributed by atoms with E-state index in [-0.39, 0.29) is 5.75 Å². The van der Waals surface area contributed by atoms with Gasteiger partial charge >= 0.3 is 5.97 Å². The van der Waals surface area contributed by atoms with E-state index >= 15 is 0 Å². The molecule has 0 radical (unpaired) electrons. The molecular weight excluding hydrogens is 371 g/mol. The molecule has 0 aromatic heterocycles. The minimum absolute atomic E-state index is 0.279. The zero-order valence-corrected chi connectivity index (χ0v) is 13.2. The van der Waals surface area contributed by atoms with Gasteiger partial charge in [-0.25, -0.2) is 4.79 Å². The van der Waals surface area contributed by atoms with E-state index in [1.165, 1.54) is 14.2 Å². The van der Waals surface area contributed by atoms with Crippen LogP contribution in [0.3, 0.4) is 0 Å². The normalized spacial score (nSPS) is 9.95. The number of methoxy groups -OCH3 is 2. The highest BCUT2D eigenvalue weighted by molar-refractivity contribution is 14.1. The first-order chi connectivity index (χ1) is 9.65. The number of hydrogen-bond acceptors (Lipinski definition) is 4. The second-order valence-electron chi connectivity index (χ2n) is 3.89. The molecule has 2 rings (SSSR count). The molecule has 104 valence electrons. The number of esters is 1. The van der Waals surface area contributed by atoms with Crippen molar-refractivity contribution in [2.75, 3.05) is 14.2 Å². The van der Waals surface area contributed by atoms with Crippen LogP contribution in [0.5, 0.6) is 17.2 Å². The monoisotopic (exact) mass is 384 g/mol. The van der Waals surface area contributed by atoms with E-state index in [4.69, 9.17) is 14.2 Å². The van der Waals surface area contributed by atoms with Crippen LogP contribution in [0.4, 0.5) is 0 Å². The molecule has 0 spiro atoms. The van der Waals surface area contributed by atoms with E-state index in [1.807, 2.05) is 6.07 Å². The number of halogens is 1. The van der Waals surface area contributed by atoms with Gasteiger partial charge in [0.05, 0.1) is 19.8 Å². The molecule has 2 aromatic carbocycles. The Morgan fingerprint density at radius 3 is 2.15 bits per heavy atom. The number of benzene rings is 2. The fraction of sp³-hybridized carbons (Fsp3) is 0.133. The van der Waals surface area contributed by atoms with E-state index in [0.717, 1.165) is 3.57 Å². The SMILES string of the molecule is COc1cccc(OC)c1OC(=O)c1cccc(I)c1. The molecule has 5 heteroatoms. The van der Waals surface area contributed by atoms with Gasteiger partial charge in [-0.15, -0.1) is 0 Å². The predicted octanol–water partition coefficient (Wildman–Crippen LogP) is 3.53. The van der Waals surface area contributed by atoms with Crippen molar-refractivity contribution in [3.8, 4) is 17.2 Å². The van der Waals surface area contributed by atoms with Gasteiger partial charge in [0.2, 0.25) is 5.75 Å². The van der Waals surface area contributed by atoms with Crippen molar-refractivity contribution < 1.29 is 19.0 Å². The van der Waals surface area contributed by atoms with Crippen LogP contribution in [0, 0.1) is 3.57 Å². The van der Waals surface area contributed by atoms with Gasteiger partial charge in [-0.05, 0) is 52.9 Å². The summed E-state index contributed by atoms with van der Waals surface area (Å²) in [5.41, 5.74) is 0.477. The number of para-hydroxylation sites is 1. The molecule has 0 atom stereocenters. The van der Waals surface area contributed by atoms with Gasteiger partial charge in [-0.3, -0.25) is 0 Å². The van der Waals surface area contributed by atoms with Gasteiger partial charge in [0.25, 0.3) is 0 Å². The van der Waals surface area contributed by atoms with Crippen molar-refractivity contribution in [3.05, 3.63) is 51.6 Å². The number of ether oxygens (including phenoxy) is 3. The van der Waals surface area contributed by atoms with E-state index in [2.05, 4.69) is 22.6 Å². The Morgan fingerprint density at radius 2 is 1.60 bits per heavy atom. The second-order valence-corrected chi connectivity index (χ2v) is 5.14. The van der Waals surface area contributed by atoms with Crippen LogP contribution in [0.15, 0.2) is 42.5 Å². The summed E-state index contributed by atoms with van der Waals surface area (Å²) in [6, 6.07) is 12.3. The Kier molecular flexibility index (Phi) is 4.84. The van der Waals surface area contributed by atoms with Crippen LogP contribution in [0.25, 0.3) is 0 Å². The van der Waals surface area contributed by atoms with Crippen molar-refractivity contribution in [3.63, 3.8) is 0 Å². The molecule has 4 nitrogen and oxygen atoms in total. The van der Waals surface area contributed by atoms with Crippen molar-refractivity contribution >= 4 is 28.6 Å². The molecule has 0 bridgehead atoms. The Bertz CT molecular complexity index is 603. The zero-order chi connectivity index (χ0) is 14.5. The van der Waals surface area contributed by atoms with E-state index in [0.29, 0.717) is 17.1 Å². The third-order valence-corrected chi connectivity index (χ3v) is 3.31. The first kappa shape index (κ1) is 14.6. The number of carbonyl (C=O) groups is 1. The molecule has 0 unspecified atom stereocenters. The lowest BCUT2D eigenvalue weighted by Crippen LogP contribution is -2.10. The first-order valence-electron chi connectivity index (χ1n) is 5.84. The topological polar surface area (TPSA) is 44.8 Å². The minimum Gasteiger partial charge on any atom is -0.493 e. The highest BCUT2D eigenvalue weighted by atomic mass is 127. The van der Waals surface area contributed by atoms with Crippen LogP contribution in [-0.2, 0) is 0 Å².